The topological polar surface area (TPSA) is 0 Å². The number of hydrogen-bond donors (Lipinski definition) is 0. The van der Waals surface area contributed by atoms with Gasteiger partial charge in [-0.05, 0) is 42.8 Å². The standard InChI is InChI=1S/C17H14S3.H2/c1-3-5-13-7-9-15(19-13)17-11-10-16(20-17)14-8-6-12(4-2)18-14;/h2,6-11H,3,5H2,1H3;1H/i;1+1. The van der Waals surface area contributed by atoms with Gasteiger partial charge in [0.25, 0.3) is 0 Å². The fourth-order valence-corrected chi connectivity index (χ4v) is 5.15. The van der Waals surface area contributed by atoms with Gasteiger partial charge in [0.1, 0.15) is 0 Å². The first-order chi connectivity index (χ1) is 9.80. The summed E-state index contributed by atoms with van der Waals surface area (Å²) in [4.78, 5) is 7.76. The number of hydrogen-bond acceptors (Lipinski definition) is 3. The summed E-state index contributed by atoms with van der Waals surface area (Å²) in [6.07, 6.45) is 7.82. The van der Waals surface area contributed by atoms with Gasteiger partial charge in [0.05, 0.1) is 4.88 Å². The van der Waals surface area contributed by atoms with Crippen molar-refractivity contribution in [2.75, 3.05) is 0 Å². The van der Waals surface area contributed by atoms with E-state index < -0.39 is 0 Å². The highest BCUT2D eigenvalue weighted by Gasteiger charge is 2.09. The van der Waals surface area contributed by atoms with E-state index in [1.54, 1.807) is 11.3 Å². The van der Waals surface area contributed by atoms with Gasteiger partial charge in [-0.15, -0.1) is 40.4 Å². The SMILES string of the molecule is C#Cc1ccc(-c2ccc(-c3ccc(CCC)s3)s2)s1.[2HH]. The van der Waals surface area contributed by atoms with Crippen LogP contribution in [0.3, 0.4) is 0 Å². The summed E-state index contributed by atoms with van der Waals surface area (Å²) >= 11 is 5.44. The minimum Gasteiger partial charge on any atom is -0.139 e. The maximum atomic E-state index is 5.43. The molecule has 0 aliphatic rings. The third-order valence-corrected chi connectivity index (χ3v) is 6.64. The molecule has 0 atom stereocenters. The predicted molar refractivity (Wildman–Crippen MR) is 95.0 cm³/mol. The van der Waals surface area contributed by atoms with Crippen molar-refractivity contribution in [3.8, 4) is 31.9 Å². The molecule has 3 heteroatoms. The molecule has 0 aromatic carbocycles. The van der Waals surface area contributed by atoms with Crippen LogP contribution in [-0.2, 0) is 6.42 Å². The Bertz CT molecular complexity index is 755. The van der Waals surface area contributed by atoms with E-state index in [9.17, 15) is 0 Å². The largest absolute Gasteiger partial charge is 0.139 e. The summed E-state index contributed by atoms with van der Waals surface area (Å²) in [5.41, 5.74) is 0. The van der Waals surface area contributed by atoms with Crippen LogP contribution in [0.5, 0.6) is 0 Å². The second kappa shape index (κ2) is 5.97. The Labute approximate surface area is 133 Å². The Morgan fingerprint density at radius 3 is 2.15 bits per heavy atom. The highest BCUT2D eigenvalue weighted by atomic mass is 32.1. The summed E-state index contributed by atoms with van der Waals surface area (Å²) < 4.78 is 0. The first-order valence-electron chi connectivity index (χ1n) is 6.56. The van der Waals surface area contributed by atoms with Crippen molar-refractivity contribution in [2.24, 2.45) is 0 Å². The van der Waals surface area contributed by atoms with Crippen LogP contribution in [-0.4, -0.2) is 0 Å². The number of thiophene rings is 3. The maximum Gasteiger partial charge on any atom is 0.0772 e. The Kier molecular flexibility index (Phi) is 4.07. The van der Waals surface area contributed by atoms with Gasteiger partial charge in [-0.1, -0.05) is 19.3 Å². The Morgan fingerprint density at radius 2 is 1.50 bits per heavy atom. The van der Waals surface area contributed by atoms with Gasteiger partial charge in [-0.2, -0.15) is 0 Å². The lowest BCUT2D eigenvalue weighted by Gasteiger charge is -1.91. The van der Waals surface area contributed by atoms with Crippen LogP contribution in [0.1, 0.15) is 24.5 Å². The van der Waals surface area contributed by atoms with Gasteiger partial charge in [0.2, 0.25) is 0 Å². The van der Waals surface area contributed by atoms with Crippen LogP contribution in [0.25, 0.3) is 19.5 Å². The van der Waals surface area contributed by atoms with Gasteiger partial charge >= 0.3 is 0 Å². The van der Waals surface area contributed by atoms with Gasteiger partial charge < -0.3 is 0 Å². The van der Waals surface area contributed by atoms with E-state index in [4.69, 9.17) is 6.42 Å². The number of rotatable bonds is 4. The molecule has 0 saturated carbocycles. The summed E-state index contributed by atoms with van der Waals surface area (Å²) in [6.45, 7) is 2.22. The normalized spacial score (nSPS) is 10.6. The highest BCUT2D eigenvalue weighted by molar-refractivity contribution is 7.26. The maximum absolute atomic E-state index is 5.43. The second-order valence-corrected chi connectivity index (χ2v) is 7.82. The van der Waals surface area contributed by atoms with Crippen LogP contribution in [0.2, 0.25) is 0 Å². The molecule has 3 aromatic rings. The van der Waals surface area contributed by atoms with Crippen molar-refractivity contribution >= 4 is 34.0 Å². The molecule has 0 aliphatic carbocycles. The third kappa shape index (κ3) is 2.73. The molecule has 0 aliphatic heterocycles. The smallest absolute Gasteiger partial charge is 0.0772 e. The van der Waals surface area contributed by atoms with Crippen LogP contribution in [0, 0.1) is 12.3 Å². The third-order valence-electron chi connectivity index (χ3n) is 3.00. The van der Waals surface area contributed by atoms with E-state index >= 15 is 0 Å². The zero-order chi connectivity index (χ0) is 13.9. The minimum absolute atomic E-state index is 0. The van der Waals surface area contributed by atoms with E-state index in [0.717, 1.165) is 4.88 Å². The van der Waals surface area contributed by atoms with Crippen molar-refractivity contribution in [1.29, 1.82) is 0 Å². The Morgan fingerprint density at radius 1 is 0.900 bits per heavy atom. The molecule has 20 heavy (non-hydrogen) atoms. The molecule has 3 rings (SSSR count). The molecule has 0 saturated heterocycles. The fraction of sp³-hybridized carbons (Fsp3) is 0.176. The highest BCUT2D eigenvalue weighted by Crippen LogP contribution is 2.39. The van der Waals surface area contributed by atoms with Gasteiger partial charge in [-0.3, -0.25) is 0 Å². The van der Waals surface area contributed by atoms with Crippen LogP contribution in [0.4, 0.5) is 0 Å². The molecule has 0 spiro atoms. The van der Waals surface area contributed by atoms with Crippen molar-refractivity contribution < 1.29 is 1.43 Å². The molecule has 0 bridgehead atoms. The summed E-state index contributed by atoms with van der Waals surface area (Å²) in [5.74, 6) is 2.70. The van der Waals surface area contributed by atoms with Gasteiger partial charge in [0, 0.05) is 25.8 Å². The van der Waals surface area contributed by atoms with Gasteiger partial charge in [0.15, 0.2) is 0 Å². The van der Waals surface area contributed by atoms with Crippen molar-refractivity contribution in [1.82, 2.24) is 0 Å². The Hall–Kier alpha value is -1.34. The first kappa shape index (κ1) is 13.6. The van der Waals surface area contributed by atoms with Crippen LogP contribution < -0.4 is 0 Å². The molecule has 102 valence electrons. The number of aryl methyl sites for hydroxylation is 1. The molecule has 3 heterocycles. The summed E-state index contributed by atoms with van der Waals surface area (Å²) in [5, 5.41) is 0. The van der Waals surface area contributed by atoms with Crippen molar-refractivity contribution in [2.45, 2.75) is 19.8 Å². The monoisotopic (exact) mass is 317 g/mol. The summed E-state index contributed by atoms with van der Waals surface area (Å²) in [6, 6.07) is 13.1. The lowest BCUT2D eigenvalue weighted by atomic mass is 10.3. The molecule has 0 fully saturated rings. The fourth-order valence-electron chi connectivity index (χ4n) is 2.04. The van der Waals surface area contributed by atoms with E-state index in [-0.39, 0.29) is 1.43 Å². The van der Waals surface area contributed by atoms with E-state index in [1.807, 2.05) is 28.7 Å². The van der Waals surface area contributed by atoms with Crippen LogP contribution >= 0.6 is 34.0 Å². The zero-order valence-electron chi connectivity index (χ0n) is 11.2. The summed E-state index contributed by atoms with van der Waals surface area (Å²) in [7, 11) is 0. The molecule has 0 nitrogen and oxygen atoms in total. The quantitative estimate of drug-likeness (QED) is 0.489. The average Bonchev–Trinajstić information content (AvgIpc) is 3.18. The molecular formula is C17H16S3. The minimum atomic E-state index is 0. The molecule has 3 aromatic heterocycles. The molecule has 0 unspecified atom stereocenters. The molecular weight excluding hydrogens is 300 g/mol. The van der Waals surface area contributed by atoms with E-state index in [2.05, 4.69) is 43.2 Å². The van der Waals surface area contributed by atoms with Crippen molar-refractivity contribution in [3.05, 3.63) is 46.2 Å². The Balaban J connectivity index is 0.00000161. The van der Waals surface area contributed by atoms with Gasteiger partial charge in [-0.25, -0.2) is 0 Å². The lowest BCUT2D eigenvalue weighted by molar-refractivity contribution is 0.940. The molecule has 0 radical (unpaired) electrons. The average molecular weight is 318 g/mol. The first-order valence-corrected chi connectivity index (χ1v) is 9.01. The lowest BCUT2D eigenvalue weighted by Crippen LogP contribution is -1.71. The molecule has 0 N–H and O–H groups in total. The van der Waals surface area contributed by atoms with E-state index in [0.29, 0.717) is 0 Å². The second-order valence-electron chi connectivity index (χ2n) is 4.49. The zero-order valence-corrected chi connectivity index (χ0v) is 13.6. The van der Waals surface area contributed by atoms with E-state index in [1.165, 1.54) is 37.2 Å². The predicted octanol–water partition coefficient (Wildman–Crippen LogP) is 6.38. The van der Waals surface area contributed by atoms with Crippen molar-refractivity contribution in [3.63, 3.8) is 0 Å². The van der Waals surface area contributed by atoms with Crippen LogP contribution in [0.15, 0.2) is 36.4 Å². The number of terminal acetylenes is 1. The molecule has 0 amide bonds.